The minimum Gasteiger partial charge on any atom is -0.481 e. The zero-order valence-electron chi connectivity index (χ0n) is 18.2. The third-order valence-electron chi connectivity index (χ3n) is 5.57. The van der Waals surface area contributed by atoms with Crippen molar-refractivity contribution in [3.8, 4) is 11.4 Å². The number of anilines is 2. The molecule has 0 saturated carbocycles. The average Bonchev–Trinajstić information content (AvgIpc) is 3.24. The Hall–Kier alpha value is -3.24. The molecule has 4 heterocycles. The van der Waals surface area contributed by atoms with E-state index in [1.54, 1.807) is 0 Å². The van der Waals surface area contributed by atoms with Crippen molar-refractivity contribution >= 4 is 28.5 Å². The Morgan fingerprint density at radius 3 is 2.47 bits per heavy atom. The van der Waals surface area contributed by atoms with Gasteiger partial charge >= 0.3 is 0 Å². The first-order valence-electron chi connectivity index (χ1n) is 10.9. The topological polar surface area (TPSA) is 131 Å². The second kappa shape index (κ2) is 9.92. The summed E-state index contributed by atoms with van der Waals surface area (Å²) in [5.41, 5.74) is 8.47. The number of nitrogens with zero attached hydrogens (tertiary/aromatic N) is 5. The van der Waals surface area contributed by atoms with E-state index in [0.29, 0.717) is 25.1 Å². The Morgan fingerprint density at radius 2 is 1.81 bits per heavy atom. The van der Waals surface area contributed by atoms with E-state index in [-0.39, 0.29) is 0 Å². The molecular formula is C22H29N7O3. The number of rotatable bonds is 3. The molecule has 170 valence electrons. The van der Waals surface area contributed by atoms with Crippen LogP contribution in [0.4, 0.5) is 11.5 Å². The largest absolute Gasteiger partial charge is 0.481 e. The van der Waals surface area contributed by atoms with Gasteiger partial charge in [-0.3, -0.25) is 4.79 Å². The molecule has 32 heavy (non-hydrogen) atoms. The number of piperidine rings is 1. The van der Waals surface area contributed by atoms with Crippen molar-refractivity contribution in [3.05, 3.63) is 30.5 Å². The lowest BCUT2D eigenvalue weighted by Gasteiger charge is -2.28. The summed E-state index contributed by atoms with van der Waals surface area (Å²) in [6, 6.07) is 8.10. The second-order valence-corrected chi connectivity index (χ2v) is 7.92. The van der Waals surface area contributed by atoms with Gasteiger partial charge in [-0.2, -0.15) is 5.10 Å². The number of fused-ring (bicyclic) bond motifs is 1. The first-order chi connectivity index (χ1) is 15.5. The summed E-state index contributed by atoms with van der Waals surface area (Å²) in [5.74, 6) is 0.824. The van der Waals surface area contributed by atoms with Gasteiger partial charge in [-0.1, -0.05) is 0 Å². The molecule has 10 heteroatoms. The Balaban J connectivity index is 0.000000567. The van der Waals surface area contributed by atoms with E-state index < -0.39 is 5.97 Å². The number of benzene rings is 1. The smallest absolute Gasteiger partial charge is 0.300 e. The van der Waals surface area contributed by atoms with Crippen LogP contribution in [0.1, 0.15) is 25.8 Å². The molecule has 0 atom stereocenters. The fourth-order valence-corrected chi connectivity index (χ4v) is 4.01. The van der Waals surface area contributed by atoms with Crippen LogP contribution in [0.25, 0.3) is 22.4 Å². The number of carboxylic acids is 1. The van der Waals surface area contributed by atoms with Gasteiger partial charge in [0.2, 0.25) is 0 Å². The first kappa shape index (κ1) is 22.0. The van der Waals surface area contributed by atoms with E-state index in [4.69, 9.17) is 35.4 Å². The number of hydrogen-bond acceptors (Lipinski definition) is 8. The van der Waals surface area contributed by atoms with E-state index in [9.17, 15) is 0 Å². The Morgan fingerprint density at radius 1 is 1.16 bits per heavy atom. The Kier molecular flexibility index (Phi) is 6.81. The van der Waals surface area contributed by atoms with E-state index in [1.165, 1.54) is 0 Å². The molecular weight excluding hydrogens is 410 g/mol. The molecule has 0 spiro atoms. The van der Waals surface area contributed by atoms with Crippen LogP contribution in [-0.2, 0) is 9.53 Å². The fourth-order valence-electron chi connectivity index (χ4n) is 4.01. The van der Waals surface area contributed by atoms with Gasteiger partial charge < -0.3 is 25.8 Å². The quantitative estimate of drug-likeness (QED) is 0.524. The molecule has 0 radical (unpaired) electrons. The lowest BCUT2D eigenvalue weighted by atomic mass is 10.1. The zero-order chi connectivity index (χ0) is 22.5. The Bertz CT molecular complexity index is 1050. The van der Waals surface area contributed by atoms with Crippen molar-refractivity contribution in [3.63, 3.8) is 0 Å². The van der Waals surface area contributed by atoms with Gasteiger partial charge in [0.15, 0.2) is 11.5 Å². The molecule has 2 fully saturated rings. The average molecular weight is 440 g/mol. The summed E-state index contributed by atoms with van der Waals surface area (Å²) in [7, 11) is 0. The van der Waals surface area contributed by atoms with Crippen LogP contribution in [0.5, 0.6) is 0 Å². The first-order valence-corrected chi connectivity index (χ1v) is 10.9. The second-order valence-electron chi connectivity index (χ2n) is 7.92. The van der Waals surface area contributed by atoms with Crippen molar-refractivity contribution in [2.75, 3.05) is 50.0 Å². The summed E-state index contributed by atoms with van der Waals surface area (Å²) in [6.07, 6.45) is 4.05. The van der Waals surface area contributed by atoms with Gasteiger partial charge in [0, 0.05) is 31.3 Å². The number of nitrogens with one attached hydrogen (secondary N) is 1. The van der Waals surface area contributed by atoms with Crippen molar-refractivity contribution < 1.29 is 14.6 Å². The van der Waals surface area contributed by atoms with Gasteiger partial charge in [-0.15, -0.1) is 0 Å². The minimum atomic E-state index is -0.833. The Labute approximate surface area is 186 Å². The van der Waals surface area contributed by atoms with Crippen molar-refractivity contribution in [2.24, 2.45) is 0 Å². The molecule has 1 aromatic carbocycles. The van der Waals surface area contributed by atoms with Crippen LogP contribution in [0.15, 0.2) is 30.5 Å². The van der Waals surface area contributed by atoms with Crippen LogP contribution in [0.2, 0.25) is 0 Å². The van der Waals surface area contributed by atoms with Gasteiger partial charge in [0.25, 0.3) is 5.97 Å². The predicted molar refractivity (Wildman–Crippen MR) is 123 cm³/mol. The van der Waals surface area contributed by atoms with E-state index in [0.717, 1.165) is 74.0 Å². The van der Waals surface area contributed by atoms with Gasteiger partial charge in [-0.05, 0) is 50.2 Å². The van der Waals surface area contributed by atoms with Crippen LogP contribution < -0.4 is 16.0 Å². The monoisotopic (exact) mass is 439 g/mol. The molecule has 0 bridgehead atoms. The van der Waals surface area contributed by atoms with Gasteiger partial charge in [-0.25, -0.2) is 14.6 Å². The van der Waals surface area contributed by atoms with E-state index in [2.05, 4.69) is 14.9 Å². The minimum absolute atomic E-state index is 0.366. The number of carboxylic acid groups (broad SMARTS) is 1. The third-order valence-corrected chi connectivity index (χ3v) is 5.57. The number of carbonyl (C=O) groups is 1. The summed E-state index contributed by atoms with van der Waals surface area (Å²) in [4.78, 5) is 21.2. The summed E-state index contributed by atoms with van der Waals surface area (Å²) in [5, 5.41) is 16.6. The summed E-state index contributed by atoms with van der Waals surface area (Å²) in [6.45, 7) is 6.18. The van der Waals surface area contributed by atoms with E-state index >= 15 is 0 Å². The lowest BCUT2D eigenvalue weighted by molar-refractivity contribution is -0.134. The van der Waals surface area contributed by atoms with Crippen molar-refractivity contribution in [1.29, 1.82) is 0 Å². The summed E-state index contributed by atoms with van der Waals surface area (Å²) >= 11 is 0. The highest BCUT2D eigenvalue weighted by Crippen LogP contribution is 2.31. The number of nitrogens with two attached hydrogens (primary N) is 1. The van der Waals surface area contributed by atoms with Crippen molar-refractivity contribution in [1.82, 2.24) is 25.1 Å². The molecule has 3 aromatic rings. The molecule has 10 nitrogen and oxygen atoms in total. The summed E-state index contributed by atoms with van der Waals surface area (Å²) < 4.78 is 7.63. The molecule has 2 aromatic heterocycles. The SMILES string of the molecule is CC(=O)O.Nc1ccc(-c2nc(N3CCOCC3)c3cnn(C4CCNCC4)c3n2)cc1. The van der Waals surface area contributed by atoms with Crippen LogP contribution in [0, 0.1) is 0 Å². The predicted octanol–water partition coefficient (Wildman–Crippen LogP) is 1.93. The molecule has 2 aliphatic heterocycles. The third kappa shape index (κ3) is 4.97. The number of morpholine rings is 1. The number of hydrogen-bond donors (Lipinski definition) is 3. The van der Waals surface area contributed by atoms with Gasteiger partial charge in [0.05, 0.1) is 30.8 Å². The normalized spacial score (nSPS) is 17.1. The highest BCUT2D eigenvalue weighted by molar-refractivity contribution is 5.89. The maximum absolute atomic E-state index is 9.00. The highest BCUT2D eigenvalue weighted by atomic mass is 16.5. The molecule has 5 rings (SSSR count). The zero-order valence-corrected chi connectivity index (χ0v) is 18.2. The molecule has 0 unspecified atom stereocenters. The number of nitrogen functional groups attached to an aromatic ring is 1. The molecule has 0 aliphatic carbocycles. The lowest BCUT2D eigenvalue weighted by Crippen LogP contribution is -2.37. The molecule has 0 amide bonds. The standard InChI is InChI=1S/C20H25N7O.C2H4O2/c21-15-3-1-14(2-4-15)18-24-19(26-9-11-28-12-10-26)17-13-23-27(20(17)25-18)16-5-7-22-8-6-16;1-2(3)4/h1-4,13,16,22H,5-12,21H2;1H3,(H,3,4). The van der Waals surface area contributed by atoms with Crippen LogP contribution in [-0.4, -0.2) is 70.2 Å². The van der Waals surface area contributed by atoms with Gasteiger partial charge in [0.1, 0.15) is 5.82 Å². The van der Waals surface area contributed by atoms with Crippen LogP contribution in [0.3, 0.4) is 0 Å². The number of aliphatic carboxylic acids is 1. The number of aromatic nitrogens is 4. The molecule has 2 aliphatic rings. The highest BCUT2D eigenvalue weighted by Gasteiger charge is 2.24. The molecule has 2 saturated heterocycles. The fraction of sp³-hybridized carbons (Fsp3) is 0.455. The van der Waals surface area contributed by atoms with E-state index in [1.807, 2.05) is 30.5 Å². The number of ether oxygens (including phenoxy) is 1. The van der Waals surface area contributed by atoms with Crippen molar-refractivity contribution in [2.45, 2.75) is 25.8 Å². The maximum atomic E-state index is 9.00. The maximum Gasteiger partial charge on any atom is 0.300 e. The molecule has 4 N–H and O–H groups in total. The van der Waals surface area contributed by atoms with Crippen LogP contribution >= 0.6 is 0 Å².